The predicted molar refractivity (Wildman–Crippen MR) is 23.5 cm³/mol. The van der Waals surface area contributed by atoms with E-state index in [9.17, 15) is 0 Å². The summed E-state index contributed by atoms with van der Waals surface area (Å²) in [4.78, 5) is 0. The molecule has 0 aromatic heterocycles. The van der Waals surface area contributed by atoms with E-state index in [2.05, 4.69) is 24.6 Å². The smallest absolute Gasteiger partial charge is 0 e. The first kappa shape index (κ1) is 16.0. The number of hydrogen-bond acceptors (Lipinski definition) is 0. The summed E-state index contributed by atoms with van der Waals surface area (Å²) < 4.78 is 0. The molecular weight excluding hydrogens is 132 g/mol. The Bertz CT molecular complexity index is 9.61. The van der Waals surface area contributed by atoms with Crippen molar-refractivity contribution in [3.63, 3.8) is 0 Å². The quantitative estimate of drug-likeness (QED) is 0.438. The average Bonchev–Trinajstić information content (AvgIpc) is 0.918. The molecule has 0 aliphatic heterocycles. The van der Waals surface area contributed by atoms with Crippen LogP contribution < -0.4 is 0 Å². The minimum atomic E-state index is 0. The topological polar surface area (TPSA) is 0 Å². The van der Waals surface area contributed by atoms with E-state index >= 15 is 0 Å². The second-order valence-corrected chi connectivity index (χ2v) is 0.707. The van der Waals surface area contributed by atoms with Gasteiger partial charge in [-0.15, -0.1) is 12.4 Å². The molecule has 0 unspecified atom stereocenters. The Balaban J connectivity index is -0.0000000200. The van der Waals surface area contributed by atoms with Gasteiger partial charge < -0.3 is 0 Å². The van der Waals surface area contributed by atoms with Gasteiger partial charge in [-0.3, -0.25) is 0 Å². The third-order valence-corrected chi connectivity index (χ3v) is 0. The molecule has 3 heteroatoms. The number of halogens is 1. The van der Waals surface area contributed by atoms with Gasteiger partial charge in [0, 0.05) is 19.5 Å². The maximum Gasteiger partial charge on any atom is 0 e. The first-order chi connectivity index (χ1) is 1.41. The van der Waals surface area contributed by atoms with Crippen LogP contribution in [0.5, 0.6) is 0 Å². The molecule has 0 aromatic rings. The Labute approximate surface area is 61.5 Å². The van der Waals surface area contributed by atoms with Crippen LogP contribution in [0.25, 0.3) is 0 Å². The van der Waals surface area contributed by atoms with Gasteiger partial charge in [-0.25, -0.2) is 0 Å². The predicted octanol–water partition coefficient (Wildman–Crippen LogP) is 1.01. The zero-order valence-corrected chi connectivity index (χ0v) is 7.61. The summed E-state index contributed by atoms with van der Waals surface area (Å²) in [7, 11) is 0. The van der Waals surface area contributed by atoms with Gasteiger partial charge in [-0.1, -0.05) is 0 Å². The Morgan fingerprint density at radius 1 is 1.60 bits per heavy atom. The maximum atomic E-state index is 2.12. The number of rotatable bonds is 0. The van der Waals surface area contributed by atoms with Gasteiger partial charge in [-0.2, -0.15) is 0 Å². The SMILES string of the molecule is Cl.[Li][CH2]C.[Zn]. The molecule has 0 aromatic carbocycles. The molecule has 0 aliphatic rings. The van der Waals surface area contributed by atoms with Crippen LogP contribution in [0.15, 0.2) is 0 Å². The van der Waals surface area contributed by atoms with E-state index in [1.807, 2.05) is 0 Å². The van der Waals surface area contributed by atoms with Gasteiger partial charge >= 0.3 is 29.7 Å². The van der Waals surface area contributed by atoms with Crippen LogP contribution in [0, 0.1) is 0 Å². The van der Waals surface area contributed by atoms with Crippen molar-refractivity contribution in [2.24, 2.45) is 0 Å². The van der Waals surface area contributed by atoms with Gasteiger partial charge in [0.25, 0.3) is 0 Å². The molecule has 5 heavy (non-hydrogen) atoms. The monoisotopic (exact) mass is 136 g/mol. The van der Waals surface area contributed by atoms with Crippen LogP contribution in [-0.2, 0) is 19.5 Å². The average molecular weight is 138 g/mol. The maximum absolute atomic E-state index is 2.12. The standard InChI is InChI=1S/C2H5.ClH.Li.Zn/c1-2;;;/h1H2,2H3;1H;;. The fourth-order valence-electron chi connectivity index (χ4n) is 0. The third kappa shape index (κ3) is 29.8. The van der Waals surface area contributed by atoms with Crippen LogP contribution in [0.1, 0.15) is 6.92 Å². The summed E-state index contributed by atoms with van der Waals surface area (Å²) in [5.74, 6) is 0. The van der Waals surface area contributed by atoms with Crippen molar-refractivity contribution in [3.8, 4) is 0 Å². The van der Waals surface area contributed by atoms with E-state index < -0.39 is 0 Å². The molecule has 0 atom stereocenters. The van der Waals surface area contributed by atoms with E-state index in [-0.39, 0.29) is 31.9 Å². The van der Waals surface area contributed by atoms with E-state index in [1.165, 1.54) is 5.09 Å². The van der Waals surface area contributed by atoms with Crippen molar-refractivity contribution in [1.82, 2.24) is 0 Å². The van der Waals surface area contributed by atoms with Crippen molar-refractivity contribution in [2.45, 2.75) is 12.0 Å². The van der Waals surface area contributed by atoms with Crippen LogP contribution in [0.2, 0.25) is 5.09 Å². The molecule has 0 saturated heterocycles. The molecule has 0 radical (unpaired) electrons. The molecule has 0 bridgehead atoms. The molecule has 0 spiro atoms. The number of hydrogen-bond donors (Lipinski definition) is 0. The molecule has 0 aliphatic carbocycles. The van der Waals surface area contributed by atoms with Crippen LogP contribution in [0.3, 0.4) is 0 Å². The second-order valence-electron chi connectivity index (χ2n) is 0.707. The molecule has 0 rings (SSSR count). The Morgan fingerprint density at radius 3 is 1.60 bits per heavy atom. The van der Waals surface area contributed by atoms with Crippen molar-refractivity contribution < 1.29 is 19.5 Å². The Hall–Kier alpha value is 1.51. The zero-order valence-electron chi connectivity index (χ0n) is 3.82. The minimum Gasteiger partial charge on any atom is 0 e. The Kier molecular flexibility index (Phi) is 57.1. The summed E-state index contributed by atoms with van der Waals surface area (Å²) in [6.45, 7) is 2.12. The van der Waals surface area contributed by atoms with Crippen molar-refractivity contribution in [1.29, 1.82) is 0 Å². The van der Waals surface area contributed by atoms with Gasteiger partial charge in [0.2, 0.25) is 0 Å². The summed E-state index contributed by atoms with van der Waals surface area (Å²) in [5.41, 5.74) is 0. The molecule has 0 N–H and O–H groups in total. The summed E-state index contributed by atoms with van der Waals surface area (Å²) in [6.07, 6.45) is 0. The van der Waals surface area contributed by atoms with Crippen LogP contribution in [0.4, 0.5) is 0 Å². The van der Waals surface area contributed by atoms with E-state index in [1.54, 1.807) is 0 Å². The normalized spacial score (nSPS) is 3.80. The summed E-state index contributed by atoms with van der Waals surface area (Å²) in [5, 5.41) is 1.25. The van der Waals surface area contributed by atoms with Gasteiger partial charge in [0.05, 0.1) is 0 Å². The van der Waals surface area contributed by atoms with E-state index in [0.717, 1.165) is 0 Å². The van der Waals surface area contributed by atoms with Gasteiger partial charge in [0.1, 0.15) is 0 Å². The van der Waals surface area contributed by atoms with E-state index in [0.29, 0.717) is 0 Å². The molecule has 0 heterocycles. The van der Waals surface area contributed by atoms with Crippen LogP contribution >= 0.6 is 12.4 Å². The second kappa shape index (κ2) is 17.8. The Morgan fingerprint density at radius 2 is 1.60 bits per heavy atom. The van der Waals surface area contributed by atoms with Gasteiger partial charge in [0.15, 0.2) is 0 Å². The van der Waals surface area contributed by atoms with Crippen molar-refractivity contribution in [3.05, 3.63) is 0 Å². The fourth-order valence-corrected chi connectivity index (χ4v) is 0. The molecule has 0 fully saturated rings. The van der Waals surface area contributed by atoms with Gasteiger partial charge in [-0.05, 0) is 0 Å². The largest absolute Gasteiger partial charge is 0 e. The van der Waals surface area contributed by atoms with Crippen molar-refractivity contribution >= 4 is 30.1 Å². The third-order valence-electron chi connectivity index (χ3n) is 0. The summed E-state index contributed by atoms with van der Waals surface area (Å²) in [6, 6.07) is 0. The molecule has 0 amide bonds. The minimum absolute atomic E-state index is 0. The first-order valence-corrected chi connectivity index (χ1v) is 1.41. The molecule has 0 saturated carbocycles. The fraction of sp³-hybridized carbons (Fsp3) is 1.00. The first-order valence-electron chi connectivity index (χ1n) is 1.41. The summed E-state index contributed by atoms with van der Waals surface area (Å²) >= 11 is 2.12. The van der Waals surface area contributed by atoms with E-state index in [4.69, 9.17) is 0 Å². The zero-order chi connectivity index (χ0) is 2.71. The molecule has 0 nitrogen and oxygen atoms in total. The molecule has 24 valence electrons. The molecular formula is C2H6ClLiZn. The van der Waals surface area contributed by atoms with Crippen molar-refractivity contribution in [2.75, 3.05) is 0 Å². The van der Waals surface area contributed by atoms with Crippen LogP contribution in [-0.4, -0.2) is 17.7 Å².